The Morgan fingerprint density at radius 1 is 1.05 bits per heavy atom. The van der Waals surface area contributed by atoms with E-state index in [1.807, 2.05) is 6.92 Å². The molecule has 0 saturated carbocycles. The number of rotatable bonds is 6. The molecule has 1 aliphatic rings. The third kappa shape index (κ3) is 5.77. The number of aryl methyl sites for hydroxylation is 1. The van der Waals surface area contributed by atoms with Gasteiger partial charge in [-0.2, -0.15) is 13.2 Å². The molecule has 39 heavy (non-hydrogen) atoms. The number of hydrogen-bond donors (Lipinski definition) is 3. The molecule has 0 aliphatic carbocycles. The predicted octanol–water partition coefficient (Wildman–Crippen LogP) is 4.40. The van der Waals surface area contributed by atoms with Gasteiger partial charge in [-0.15, -0.1) is 0 Å². The number of anilines is 5. The van der Waals surface area contributed by atoms with Crippen LogP contribution >= 0.6 is 0 Å². The molecule has 0 atom stereocenters. The van der Waals surface area contributed by atoms with Gasteiger partial charge in [0.15, 0.2) is 0 Å². The van der Waals surface area contributed by atoms with E-state index in [0.29, 0.717) is 55.3 Å². The van der Waals surface area contributed by atoms with E-state index in [0.717, 1.165) is 11.6 Å². The maximum atomic E-state index is 13.9. The lowest BCUT2D eigenvalue weighted by atomic mass is 10.1. The van der Waals surface area contributed by atoms with Gasteiger partial charge < -0.3 is 26.0 Å². The highest BCUT2D eigenvalue weighted by Crippen LogP contribution is 2.38. The van der Waals surface area contributed by atoms with Gasteiger partial charge in [-0.05, 0) is 42.8 Å². The number of ether oxygens (including phenoxy) is 1. The first kappa shape index (κ1) is 26.0. The zero-order valence-electron chi connectivity index (χ0n) is 20.9. The fraction of sp³-hybridized carbons (Fsp3) is 0.231. The second kappa shape index (κ2) is 10.6. The van der Waals surface area contributed by atoms with Crippen molar-refractivity contribution in [1.29, 1.82) is 0 Å². The van der Waals surface area contributed by atoms with Crippen molar-refractivity contribution in [3.63, 3.8) is 0 Å². The Bertz CT molecular complexity index is 1500. The molecule has 5 rings (SSSR count). The quantitative estimate of drug-likeness (QED) is 0.330. The average molecular weight is 539 g/mol. The average Bonchev–Trinajstić information content (AvgIpc) is 3.38. The van der Waals surface area contributed by atoms with Gasteiger partial charge in [0.1, 0.15) is 18.0 Å². The Morgan fingerprint density at radius 3 is 2.59 bits per heavy atom. The Labute approximate surface area is 221 Å². The Balaban J connectivity index is 1.37. The number of hydrogen-bond acceptors (Lipinski definition) is 8. The molecule has 13 heteroatoms. The molecule has 2 aromatic carbocycles. The number of carbonyl (C=O) groups excluding carboxylic acids is 1. The molecule has 1 saturated heterocycles. The summed E-state index contributed by atoms with van der Waals surface area (Å²) in [4.78, 5) is 27.0. The van der Waals surface area contributed by atoms with Gasteiger partial charge in [0.05, 0.1) is 18.8 Å². The van der Waals surface area contributed by atoms with Crippen LogP contribution < -0.4 is 21.3 Å². The van der Waals surface area contributed by atoms with Crippen LogP contribution in [0.1, 0.15) is 21.5 Å². The molecule has 4 N–H and O–H groups in total. The number of nitrogens with one attached hydrogen (secondary N) is 2. The maximum Gasteiger partial charge on any atom is 0.418 e. The number of nitrogens with zero attached hydrogens (tertiary/aromatic N) is 5. The monoisotopic (exact) mass is 538 g/mol. The summed E-state index contributed by atoms with van der Waals surface area (Å²) in [6.07, 6.45) is -0.00104. The van der Waals surface area contributed by atoms with Crippen molar-refractivity contribution in [2.75, 3.05) is 47.6 Å². The number of halogens is 3. The number of morpholine rings is 1. The number of alkyl halides is 3. The first-order valence-electron chi connectivity index (χ1n) is 12.0. The number of imidazole rings is 1. The van der Waals surface area contributed by atoms with Crippen LogP contribution in [0, 0.1) is 6.92 Å². The number of carbonyl (C=O) groups is 1. The summed E-state index contributed by atoms with van der Waals surface area (Å²) in [5.74, 6) is 0.577. The van der Waals surface area contributed by atoms with Crippen LogP contribution in [-0.4, -0.2) is 51.7 Å². The molecule has 0 radical (unpaired) electrons. The SMILES string of the molecule is Cc1ccc(NC(=O)c2ccc(N3CCOCC3)c(C(F)(F)F)c2)cc1Nc1nccn1-c1cc(N)ncn1. The Hall–Kier alpha value is -4.65. The zero-order chi connectivity index (χ0) is 27.6. The lowest BCUT2D eigenvalue weighted by Crippen LogP contribution is -2.37. The van der Waals surface area contributed by atoms with E-state index in [4.69, 9.17) is 10.5 Å². The summed E-state index contributed by atoms with van der Waals surface area (Å²) in [5, 5.41) is 5.89. The van der Waals surface area contributed by atoms with Gasteiger partial charge in [-0.1, -0.05) is 6.07 Å². The molecular weight excluding hydrogens is 513 g/mol. The van der Waals surface area contributed by atoms with Crippen LogP contribution in [0.3, 0.4) is 0 Å². The zero-order valence-corrected chi connectivity index (χ0v) is 20.9. The molecule has 2 aromatic heterocycles. The minimum atomic E-state index is -4.62. The third-order valence-corrected chi connectivity index (χ3v) is 6.22. The van der Waals surface area contributed by atoms with Crippen LogP contribution in [0.15, 0.2) is 61.2 Å². The van der Waals surface area contributed by atoms with Crippen molar-refractivity contribution in [2.24, 2.45) is 0 Å². The molecule has 202 valence electrons. The molecule has 4 aromatic rings. The fourth-order valence-electron chi connectivity index (χ4n) is 4.22. The Kier molecular flexibility index (Phi) is 7.07. The lowest BCUT2D eigenvalue weighted by Gasteiger charge is -2.31. The molecule has 3 heterocycles. The highest BCUT2D eigenvalue weighted by atomic mass is 19.4. The van der Waals surface area contributed by atoms with E-state index >= 15 is 0 Å². The van der Waals surface area contributed by atoms with Gasteiger partial charge in [-0.25, -0.2) is 15.0 Å². The van der Waals surface area contributed by atoms with E-state index < -0.39 is 17.6 Å². The van der Waals surface area contributed by atoms with Gasteiger partial charge in [0.25, 0.3) is 5.91 Å². The summed E-state index contributed by atoms with van der Waals surface area (Å²) >= 11 is 0. The summed E-state index contributed by atoms with van der Waals surface area (Å²) < 4.78 is 48.7. The minimum absolute atomic E-state index is 0.0325. The van der Waals surface area contributed by atoms with Gasteiger partial charge >= 0.3 is 6.18 Å². The highest BCUT2D eigenvalue weighted by molar-refractivity contribution is 6.05. The van der Waals surface area contributed by atoms with Crippen LogP contribution in [0.5, 0.6) is 0 Å². The van der Waals surface area contributed by atoms with Gasteiger partial charge in [0, 0.05) is 54.2 Å². The molecule has 1 aliphatic heterocycles. The smallest absolute Gasteiger partial charge is 0.384 e. The normalized spacial score (nSPS) is 13.8. The molecule has 1 amide bonds. The summed E-state index contributed by atoms with van der Waals surface area (Å²) in [6.45, 7) is 3.24. The fourth-order valence-corrected chi connectivity index (χ4v) is 4.22. The predicted molar refractivity (Wildman–Crippen MR) is 140 cm³/mol. The van der Waals surface area contributed by atoms with E-state index in [1.165, 1.54) is 18.5 Å². The third-order valence-electron chi connectivity index (χ3n) is 6.22. The van der Waals surface area contributed by atoms with Crippen LogP contribution in [0.2, 0.25) is 0 Å². The largest absolute Gasteiger partial charge is 0.418 e. The molecule has 10 nitrogen and oxygen atoms in total. The molecule has 0 spiro atoms. The van der Waals surface area contributed by atoms with Crippen molar-refractivity contribution in [3.8, 4) is 5.82 Å². The van der Waals surface area contributed by atoms with Crippen molar-refractivity contribution in [2.45, 2.75) is 13.1 Å². The van der Waals surface area contributed by atoms with Crippen molar-refractivity contribution in [3.05, 3.63) is 77.9 Å². The van der Waals surface area contributed by atoms with E-state index in [9.17, 15) is 18.0 Å². The standard InChI is InChI=1S/C26H25F3N8O2/c1-16-2-4-18(13-20(16)35-25-31-6-7-37(25)23-14-22(30)32-15-33-23)34-24(38)17-3-5-21(19(12-17)26(27,28)29)36-8-10-39-11-9-36/h2-7,12-15H,8-11H2,1H3,(H,31,35)(H,34,38)(H2,30,32,33). The molecular formula is C26H25F3N8O2. The number of aromatic nitrogens is 4. The number of amides is 1. The molecule has 0 bridgehead atoms. The first-order chi connectivity index (χ1) is 18.7. The van der Waals surface area contributed by atoms with E-state index in [-0.39, 0.29) is 11.3 Å². The number of nitrogen functional groups attached to an aromatic ring is 1. The number of nitrogens with two attached hydrogens (primary N) is 1. The van der Waals surface area contributed by atoms with Crippen molar-refractivity contribution in [1.82, 2.24) is 19.5 Å². The second-order valence-electron chi connectivity index (χ2n) is 8.86. The maximum absolute atomic E-state index is 13.9. The van der Waals surface area contributed by atoms with E-state index in [1.54, 1.807) is 46.1 Å². The second-order valence-corrected chi connectivity index (χ2v) is 8.86. The number of benzene rings is 2. The van der Waals surface area contributed by atoms with E-state index in [2.05, 4.69) is 25.6 Å². The Morgan fingerprint density at radius 2 is 1.85 bits per heavy atom. The van der Waals surface area contributed by atoms with Crippen LogP contribution in [-0.2, 0) is 10.9 Å². The van der Waals surface area contributed by atoms with Crippen molar-refractivity contribution >= 4 is 34.7 Å². The highest BCUT2D eigenvalue weighted by Gasteiger charge is 2.36. The minimum Gasteiger partial charge on any atom is -0.384 e. The van der Waals surface area contributed by atoms with Gasteiger partial charge in [0.2, 0.25) is 5.95 Å². The molecule has 1 fully saturated rings. The summed E-state index contributed by atoms with van der Waals surface area (Å²) in [7, 11) is 0. The van der Waals surface area contributed by atoms with Crippen LogP contribution in [0.4, 0.5) is 42.0 Å². The summed E-state index contributed by atoms with van der Waals surface area (Å²) in [6, 6.07) is 10.3. The lowest BCUT2D eigenvalue weighted by molar-refractivity contribution is -0.137. The molecule has 0 unspecified atom stereocenters. The van der Waals surface area contributed by atoms with Crippen molar-refractivity contribution < 1.29 is 22.7 Å². The topological polar surface area (TPSA) is 123 Å². The van der Waals surface area contributed by atoms with Gasteiger partial charge in [-0.3, -0.25) is 9.36 Å². The van der Waals surface area contributed by atoms with Crippen LogP contribution in [0.25, 0.3) is 5.82 Å². The summed E-state index contributed by atoms with van der Waals surface area (Å²) in [5.41, 5.74) is 6.70. The first-order valence-corrected chi connectivity index (χ1v) is 12.0.